The standard InChI is InChI=1S/C22H19N3O/c1-23-14-24-22(25(24)21(23)15-8-3-2-4-9-15)18-12-7-11-17-16-10-5-6-13-19(16)26-20(17)18/h2-13,21-22H,14H2,1H3/t21?,22?,24-,25?/m0/s1. The molecule has 3 unspecified atom stereocenters. The topological polar surface area (TPSA) is 22.4 Å². The summed E-state index contributed by atoms with van der Waals surface area (Å²) in [5.74, 6) is 0. The van der Waals surface area contributed by atoms with Gasteiger partial charge < -0.3 is 4.42 Å². The van der Waals surface area contributed by atoms with Gasteiger partial charge in [0.05, 0.1) is 6.67 Å². The highest BCUT2D eigenvalue weighted by Gasteiger charge is 2.58. The van der Waals surface area contributed by atoms with Gasteiger partial charge in [-0.05, 0) is 18.7 Å². The first-order chi connectivity index (χ1) is 12.8. The van der Waals surface area contributed by atoms with Crippen molar-refractivity contribution >= 4 is 21.9 Å². The lowest BCUT2D eigenvalue weighted by molar-refractivity contribution is 0.198. The Hall–Kier alpha value is -2.66. The van der Waals surface area contributed by atoms with Crippen molar-refractivity contribution in [1.29, 1.82) is 0 Å². The van der Waals surface area contributed by atoms with Crippen molar-refractivity contribution in [2.75, 3.05) is 13.7 Å². The maximum Gasteiger partial charge on any atom is 0.141 e. The van der Waals surface area contributed by atoms with E-state index in [1.54, 1.807) is 0 Å². The van der Waals surface area contributed by atoms with Gasteiger partial charge in [-0.3, -0.25) is 4.90 Å². The van der Waals surface area contributed by atoms with E-state index in [2.05, 4.69) is 82.6 Å². The third-order valence-electron chi connectivity index (χ3n) is 5.62. The fraction of sp³-hybridized carbons (Fsp3) is 0.182. The predicted molar refractivity (Wildman–Crippen MR) is 102 cm³/mol. The van der Waals surface area contributed by atoms with Crippen molar-refractivity contribution < 1.29 is 4.42 Å². The van der Waals surface area contributed by atoms with Crippen molar-refractivity contribution in [3.63, 3.8) is 0 Å². The maximum atomic E-state index is 6.25. The van der Waals surface area contributed by atoms with E-state index in [1.165, 1.54) is 21.9 Å². The number of hydrogen-bond acceptors (Lipinski definition) is 4. The first-order valence-corrected chi connectivity index (χ1v) is 9.03. The highest BCUT2D eigenvalue weighted by molar-refractivity contribution is 6.05. The maximum absolute atomic E-state index is 6.25. The highest BCUT2D eigenvalue weighted by Crippen LogP contribution is 2.55. The summed E-state index contributed by atoms with van der Waals surface area (Å²) in [5.41, 5.74) is 4.56. The van der Waals surface area contributed by atoms with Gasteiger partial charge >= 0.3 is 0 Å². The van der Waals surface area contributed by atoms with Gasteiger partial charge in [0.25, 0.3) is 0 Å². The molecule has 0 spiro atoms. The van der Waals surface area contributed by atoms with Crippen LogP contribution in [-0.2, 0) is 0 Å². The van der Waals surface area contributed by atoms with Crippen LogP contribution in [0.2, 0.25) is 0 Å². The van der Waals surface area contributed by atoms with E-state index in [1.807, 2.05) is 12.1 Å². The van der Waals surface area contributed by atoms with Crippen LogP contribution in [0.1, 0.15) is 23.5 Å². The molecule has 2 saturated heterocycles. The monoisotopic (exact) mass is 341 g/mol. The SMILES string of the molecule is CN1C[N@@]2C(c3cccc4c3oc3ccccc34)N2C1c1ccccc1. The van der Waals surface area contributed by atoms with Crippen molar-refractivity contribution in [2.45, 2.75) is 12.3 Å². The number of para-hydroxylation sites is 2. The lowest BCUT2D eigenvalue weighted by atomic mass is 10.1. The van der Waals surface area contributed by atoms with E-state index in [9.17, 15) is 0 Å². The summed E-state index contributed by atoms with van der Waals surface area (Å²) in [6.07, 6.45) is 0.557. The summed E-state index contributed by atoms with van der Waals surface area (Å²) >= 11 is 0. The van der Waals surface area contributed by atoms with Gasteiger partial charge in [-0.1, -0.05) is 66.7 Å². The van der Waals surface area contributed by atoms with Crippen molar-refractivity contribution in [3.05, 3.63) is 83.9 Å². The molecule has 4 aromatic rings. The Kier molecular flexibility index (Phi) is 2.89. The molecule has 0 bridgehead atoms. The van der Waals surface area contributed by atoms with Crippen molar-refractivity contribution in [2.24, 2.45) is 0 Å². The van der Waals surface area contributed by atoms with Crippen LogP contribution >= 0.6 is 0 Å². The molecule has 0 amide bonds. The minimum Gasteiger partial charge on any atom is -0.456 e. The number of hydrazine groups is 1. The Morgan fingerprint density at radius 2 is 1.58 bits per heavy atom. The lowest BCUT2D eigenvalue weighted by Gasteiger charge is -2.23. The average Bonchev–Trinajstić information content (AvgIpc) is 3.06. The molecule has 0 aliphatic carbocycles. The zero-order valence-electron chi connectivity index (χ0n) is 14.5. The molecule has 4 atom stereocenters. The number of rotatable bonds is 2. The normalized spacial score (nSPS) is 27.9. The molecule has 0 N–H and O–H groups in total. The second kappa shape index (κ2) is 5.17. The molecule has 0 saturated carbocycles. The molecule has 2 aliphatic rings. The van der Waals surface area contributed by atoms with Crippen LogP contribution in [-0.4, -0.2) is 28.6 Å². The Morgan fingerprint density at radius 3 is 2.46 bits per heavy atom. The predicted octanol–water partition coefficient (Wildman–Crippen LogP) is 4.72. The quantitative estimate of drug-likeness (QED) is 0.492. The van der Waals surface area contributed by atoms with Crippen LogP contribution in [0.15, 0.2) is 77.2 Å². The van der Waals surface area contributed by atoms with Gasteiger partial charge in [-0.25, -0.2) is 5.01 Å². The molecular weight excluding hydrogens is 322 g/mol. The summed E-state index contributed by atoms with van der Waals surface area (Å²) < 4.78 is 6.25. The zero-order valence-corrected chi connectivity index (χ0v) is 14.5. The Bertz CT molecular complexity index is 1120. The fourth-order valence-electron chi connectivity index (χ4n) is 4.46. The number of benzene rings is 3. The summed E-state index contributed by atoms with van der Waals surface area (Å²) in [7, 11) is 2.18. The van der Waals surface area contributed by atoms with Crippen LogP contribution < -0.4 is 0 Å². The molecule has 3 aromatic carbocycles. The third-order valence-corrected chi connectivity index (χ3v) is 5.62. The second-order valence-electron chi connectivity index (χ2n) is 7.20. The molecule has 4 heteroatoms. The first-order valence-electron chi connectivity index (χ1n) is 9.03. The van der Waals surface area contributed by atoms with Crippen LogP contribution in [0.25, 0.3) is 21.9 Å². The van der Waals surface area contributed by atoms with E-state index < -0.39 is 0 Å². The number of fused-ring (bicyclic) bond motifs is 4. The van der Waals surface area contributed by atoms with Crippen LogP contribution in [0.4, 0.5) is 0 Å². The molecule has 2 aliphatic heterocycles. The Balaban J connectivity index is 1.46. The first kappa shape index (κ1) is 14.5. The van der Waals surface area contributed by atoms with E-state index in [4.69, 9.17) is 4.42 Å². The zero-order chi connectivity index (χ0) is 17.3. The summed E-state index contributed by atoms with van der Waals surface area (Å²) in [5, 5.41) is 7.27. The molecular formula is C22H19N3O. The summed E-state index contributed by atoms with van der Waals surface area (Å²) in [6.45, 7) is 0.931. The van der Waals surface area contributed by atoms with E-state index in [-0.39, 0.29) is 12.3 Å². The summed E-state index contributed by atoms with van der Waals surface area (Å²) in [6, 6.07) is 25.5. The van der Waals surface area contributed by atoms with Crippen molar-refractivity contribution in [1.82, 2.24) is 14.9 Å². The van der Waals surface area contributed by atoms with Gasteiger partial charge in [0.15, 0.2) is 0 Å². The molecule has 1 aromatic heterocycles. The minimum absolute atomic E-state index is 0.278. The minimum atomic E-state index is 0.278. The van der Waals surface area contributed by atoms with E-state index in [0.29, 0.717) is 0 Å². The van der Waals surface area contributed by atoms with Crippen LogP contribution in [0, 0.1) is 0 Å². The van der Waals surface area contributed by atoms with E-state index in [0.717, 1.165) is 17.8 Å². The molecule has 0 radical (unpaired) electrons. The fourth-order valence-corrected chi connectivity index (χ4v) is 4.46. The Labute approximate surface area is 151 Å². The smallest absolute Gasteiger partial charge is 0.141 e. The third kappa shape index (κ3) is 1.89. The van der Waals surface area contributed by atoms with Crippen molar-refractivity contribution in [3.8, 4) is 0 Å². The largest absolute Gasteiger partial charge is 0.456 e. The van der Waals surface area contributed by atoms with Gasteiger partial charge in [-0.15, -0.1) is 0 Å². The van der Waals surface area contributed by atoms with Crippen LogP contribution in [0.5, 0.6) is 0 Å². The molecule has 3 heterocycles. The second-order valence-corrected chi connectivity index (χ2v) is 7.20. The van der Waals surface area contributed by atoms with Gasteiger partial charge in [-0.2, -0.15) is 5.01 Å². The molecule has 2 fully saturated rings. The summed E-state index contributed by atoms with van der Waals surface area (Å²) in [4.78, 5) is 2.38. The Morgan fingerprint density at radius 1 is 0.808 bits per heavy atom. The molecule has 128 valence electrons. The molecule has 4 nitrogen and oxygen atoms in total. The molecule has 26 heavy (non-hydrogen) atoms. The van der Waals surface area contributed by atoms with Gasteiger partial charge in [0.1, 0.15) is 23.5 Å². The lowest BCUT2D eigenvalue weighted by Crippen LogP contribution is -2.26. The van der Waals surface area contributed by atoms with Gasteiger partial charge in [0, 0.05) is 16.3 Å². The number of hydrogen-bond donors (Lipinski definition) is 0. The average molecular weight is 341 g/mol. The number of furan rings is 1. The van der Waals surface area contributed by atoms with Crippen LogP contribution in [0.3, 0.4) is 0 Å². The molecule has 6 rings (SSSR count). The van der Waals surface area contributed by atoms with Gasteiger partial charge in [0.2, 0.25) is 0 Å². The van der Waals surface area contributed by atoms with E-state index >= 15 is 0 Å². The highest BCUT2D eigenvalue weighted by atomic mass is 16.3. The number of nitrogens with zero attached hydrogens (tertiary/aromatic N) is 3.